The van der Waals surface area contributed by atoms with Crippen molar-refractivity contribution in [1.82, 2.24) is 0 Å². The molecule has 0 aromatic heterocycles. The molecule has 0 heterocycles. The van der Waals surface area contributed by atoms with Gasteiger partial charge in [-0.1, -0.05) is 0 Å². The summed E-state index contributed by atoms with van der Waals surface area (Å²) >= 11 is 1.47. The van der Waals surface area contributed by atoms with Gasteiger partial charge in [-0.3, -0.25) is 0 Å². The molecule has 1 aromatic carbocycles. The van der Waals surface area contributed by atoms with E-state index in [1.807, 2.05) is 0 Å². The van der Waals surface area contributed by atoms with Crippen molar-refractivity contribution < 1.29 is 0 Å². The minimum atomic E-state index is -0.886. The van der Waals surface area contributed by atoms with Crippen LogP contribution in [0.1, 0.15) is 0 Å². The maximum atomic E-state index is 2.47. The summed E-state index contributed by atoms with van der Waals surface area (Å²) in [5.41, 5.74) is 0. The van der Waals surface area contributed by atoms with Crippen LogP contribution in [0.25, 0.3) is 0 Å². The molecule has 0 spiro atoms. The predicted octanol–water partition coefficient (Wildman–Crippen LogP) is 2.02. The van der Waals surface area contributed by atoms with E-state index in [9.17, 15) is 0 Å². The molecule has 0 aliphatic heterocycles. The molecule has 0 fully saturated rings. The van der Waals surface area contributed by atoms with Gasteiger partial charge in [0.2, 0.25) is 0 Å². The van der Waals surface area contributed by atoms with Crippen molar-refractivity contribution in [2.24, 2.45) is 0 Å². The predicted molar refractivity (Wildman–Crippen MR) is 83.9 cm³/mol. The zero-order valence-electron chi connectivity index (χ0n) is 11.1. The first-order chi connectivity index (χ1) is 7.16. The summed E-state index contributed by atoms with van der Waals surface area (Å²) in [6.45, 7) is 13.0. The van der Waals surface area contributed by atoms with Gasteiger partial charge in [0, 0.05) is 0 Å². The second-order valence-corrected chi connectivity index (χ2v) is 34.7. The van der Waals surface area contributed by atoms with Crippen LogP contribution < -0.4 is 8.92 Å². The van der Waals surface area contributed by atoms with E-state index in [2.05, 4.69) is 63.5 Å². The summed E-state index contributed by atoms with van der Waals surface area (Å²) in [5, 5.41) is 0. The standard InChI is InChI=1S/C12H22Se2Si2/c1-15(2,3)13-11-7-9-12(10-8-11)14-16(4,5)6/h7-10H,1-6H3. The van der Waals surface area contributed by atoms with E-state index in [-0.39, 0.29) is 0 Å². The molecule has 1 rings (SSSR count). The number of benzene rings is 1. The van der Waals surface area contributed by atoms with Gasteiger partial charge in [0.25, 0.3) is 0 Å². The van der Waals surface area contributed by atoms with Crippen LogP contribution in [0.15, 0.2) is 24.3 Å². The molecule has 0 saturated heterocycles. The molecule has 90 valence electrons. The SMILES string of the molecule is C[Si](C)(C)[Se]c1ccc([Se][Si](C)(C)C)cc1. The quantitative estimate of drug-likeness (QED) is 0.702. The summed E-state index contributed by atoms with van der Waals surface area (Å²) in [5.74, 6) is 0. The molecule has 0 N–H and O–H groups in total. The van der Waals surface area contributed by atoms with Crippen LogP contribution in [-0.2, 0) is 0 Å². The van der Waals surface area contributed by atoms with E-state index < -0.39 is 13.4 Å². The summed E-state index contributed by atoms with van der Waals surface area (Å²) < 4.78 is 3.20. The molecule has 0 saturated carbocycles. The van der Waals surface area contributed by atoms with Crippen molar-refractivity contribution in [2.75, 3.05) is 0 Å². The van der Waals surface area contributed by atoms with Crippen LogP contribution in [0.4, 0.5) is 0 Å². The molecule has 1 aromatic rings. The topological polar surface area (TPSA) is 0 Å². The van der Waals surface area contributed by atoms with Crippen LogP contribution in [0.2, 0.25) is 39.3 Å². The van der Waals surface area contributed by atoms with Crippen molar-refractivity contribution in [3.05, 3.63) is 24.3 Å². The Labute approximate surface area is 114 Å². The van der Waals surface area contributed by atoms with Gasteiger partial charge in [0.15, 0.2) is 0 Å². The van der Waals surface area contributed by atoms with E-state index in [1.54, 1.807) is 8.92 Å². The molecule has 0 amide bonds. The van der Waals surface area contributed by atoms with Crippen LogP contribution in [0.5, 0.6) is 0 Å². The third kappa shape index (κ3) is 6.43. The van der Waals surface area contributed by atoms with Gasteiger partial charge in [-0.05, 0) is 0 Å². The molecule has 0 unspecified atom stereocenters. The Balaban J connectivity index is 2.69. The van der Waals surface area contributed by atoms with E-state index in [0.717, 1.165) is 28.6 Å². The fraction of sp³-hybridized carbons (Fsp3) is 0.500. The van der Waals surface area contributed by atoms with Crippen molar-refractivity contribution in [2.45, 2.75) is 39.3 Å². The molecule has 0 radical (unpaired) electrons. The minimum absolute atomic E-state index is 0.734. The molecular weight excluding hydrogens is 358 g/mol. The Morgan fingerprint density at radius 2 is 0.875 bits per heavy atom. The average molecular weight is 380 g/mol. The summed E-state index contributed by atoms with van der Waals surface area (Å²) in [4.78, 5) is 0. The van der Waals surface area contributed by atoms with Crippen molar-refractivity contribution in [3.63, 3.8) is 0 Å². The molecule has 0 atom stereocenters. The first-order valence-electron chi connectivity index (χ1n) is 5.64. The zero-order valence-corrected chi connectivity index (χ0v) is 16.6. The van der Waals surface area contributed by atoms with E-state index >= 15 is 0 Å². The third-order valence-corrected chi connectivity index (χ3v) is 15.2. The van der Waals surface area contributed by atoms with E-state index in [1.165, 1.54) is 0 Å². The summed E-state index contributed by atoms with van der Waals surface area (Å²) in [6.07, 6.45) is 0. The van der Waals surface area contributed by atoms with Gasteiger partial charge in [-0.25, -0.2) is 0 Å². The Bertz CT molecular complexity index is 299. The van der Waals surface area contributed by atoms with Crippen molar-refractivity contribution >= 4 is 50.9 Å². The van der Waals surface area contributed by atoms with Crippen LogP contribution in [0, 0.1) is 0 Å². The van der Waals surface area contributed by atoms with Gasteiger partial charge in [0.1, 0.15) is 0 Å². The zero-order chi connectivity index (χ0) is 12.4. The number of rotatable bonds is 4. The fourth-order valence-electron chi connectivity index (χ4n) is 1.28. The van der Waals surface area contributed by atoms with Gasteiger partial charge in [-0.2, -0.15) is 0 Å². The van der Waals surface area contributed by atoms with Gasteiger partial charge in [-0.15, -0.1) is 0 Å². The Morgan fingerprint density at radius 1 is 0.625 bits per heavy atom. The fourth-order valence-corrected chi connectivity index (χ4v) is 14.2. The van der Waals surface area contributed by atoms with Gasteiger partial charge >= 0.3 is 114 Å². The van der Waals surface area contributed by atoms with Crippen LogP contribution in [-0.4, -0.2) is 42.0 Å². The molecular formula is C12H22Se2Si2. The van der Waals surface area contributed by atoms with Crippen molar-refractivity contribution in [3.8, 4) is 0 Å². The Hall–Kier alpha value is 0.693. The van der Waals surface area contributed by atoms with Gasteiger partial charge < -0.3 is 0 Å². The molecule has 0 nitrogen and oxygen atoms in total. The first kappa shape index (κ1) is 14.8. The average Bonchev–Trinajstić information content (AvgIpc) is 2.03. The molecule has 16 heavy (non-hydrogen) atoms. The summed E-state index contributed by atoms with van der Waals surface area (Å²) in [7, 11) is 0. The second kappa shape index (κ2) is 5.56. The van der Waals surface area contributed by atoms with Crippen LogP contribution in [0.3, 0.4) is 0 Å². The summed E-state index contributed by atoms with van der Waals surface area (Å²) in [6, 6.07) is 9.54. The number of hydrogen-bond donors (Lipinski definition) is 0. The number of hydrogen-bond acceptors (Lipinski definition) is 0. The van der Waals surface area contributed by atoms with Crippen molar-refractivity contribution in [1.29, 1.82) is 0 Å². The first-order valence-corrected chi connectivity index (χ1v) is 19.3. The molecule has 0 aliphatic rings. The van der Waals surface area contributed by atoms with E-state index in [0.29, 0.717) is 0 Å². The monoisotopic (exact) mass is 382 g/mol. The Morgan fingerprint density at radius 3 is 1.06 bits per heavy atom. The van der Waals surface area contributed by atoms with E-state index in [4.69, 9.17) is 0 Å². The van der Waals surface area contributed by atoms with Crippen LogP contribution >= 0.6 is 0 Å². The van der Waals surface area contributed by atoms with Gasteiger partial charge in [0.05, 0.1) is 0 Å². The molecule has 0 bridgehead atoms. The third-order valence-electron chi connectivity index (χ3n) is 1.67. The molecule has 4 heteroatoms. The maximum absolute atomic E-state index is 2.47. The Kier molecular flexibility index (Phi) is 5.12. The second-order valence-electron chi connectivity index (χ2n) is 5.90. The molecule has 0 aliphatic carbocycles. The normalized spacial score (nSPS) is 12.9.